The van der Waals surface area contributed by atoms with Crippen molar-refractivity contribution in [2.24, 2.45) is 0 Å². The molecule has 0 fully saturated rings. The highest BCUT2D eigenvalue weighted by Gasteiger charge is 2.19. The Morgan fingerprint density at radius 3 is 2.47 bits per heavy atom. The number of ketones is 1. The third-order valence-electron chi connectivity index (χ3n) is 2.70. The van der Waals surface area contributed by atoms with Gasteiger partial charge in [-0.25, -0.2) is 0 Å². The van der Waals surface area contributed by atoms with Gasteiger partial charge in [0.15, 0.2) is 17.3 Å². The third kappa shape index (κ3) is 2.98. The Kier molecular flexibility index (Phi) is 4.27. The molecule has 0 radical (unpaired) electrons. The summed E-state index contributed by atoms with van der Waals surface area (Å²) in [6.07, 6.45) is 0.337. The van der Waals surface area contributed by atoms with Crippen LogP contribution in [0.25, 0.3) is 0 Å². The number of benzene rings is 1. The van der Waals surface area contributed by atoms with Crippen molar-refractivity contribution in [3.8, 4) is 11.5 Å². The lowest BCUT2D eigenvalue weighted by molar-refractivity contribution is -0.113. The van der Waals surface area contributed by atoms with Gasteiger partial charge in [0.2, 0.25) is 5.91 Å². The second-order valence-electron chi connectivity index (χ2n) is 4.00. The van der Waals surface area contributed by atoms with Crippen molar-refractivity contribution in [1.29, 1.82) is 0 Å². The van der Waals surface area contributed by atoms with Crippen LogP contribution in [0.4, 0.5) is 5.69 Å². The van der Waals surface area contributed by atoms with Crippen molar-refractivity contribution in [2.75, 3.05) is 24.4 Å². The van der Waals surface area contributed by atoms with Gasteiger partial charge in [-0.15, -0.1) is 11.6 Å². The summed E-state index contributed by atoms with van der Waals surface area (Å²) >= 11 is 5.46. The first kappa shape index (κ1) is 13.7. The average Bonchev–Trinajstić information content (AvgIpc) is 2.45. The van der Waals surface area contributed by atoms with E-state index >= 15 is 0 Å². The summed E-state index contributed by atoms with van der Waals surface area (Å²) in [7, 11) is 0. The fourth-order valence-electron chi connectivity index (χ4n) is 1.80. The van der Waals surface area contributed by atoms with Crippen LogP contribution in [0.3, 0.4) is 0 Å². The Morgan fingerprint density at radius 1 is 1.26 bits per heavy atom. The molecule has 2 rings (SSSR count). The number of ether oxygens (including phenoxy) is 2. The smallest absolute Gasteiger partial charge is 0.239 e. The minimum absolute atomic E-state index is 0.0816. The van der Waals surface area contributed by atoms with Gasteiger partial charge in [-0.1, -0.05) is 6.92 Å². The lowest BCUT2D eigenvalue weighted by atomic mass is 10.1. The fourth-order valence-corrected chi connectivity index (χ4v) is 1.86. The zero-order valence-electron chi connectivity index (χ0n) is 10.5. The van der Waals surface area contributed by atoms with E-state index in [2.05, 4.69) is 5.32 Å². The molecule has 5 nitrogen and oxygen atoms in total. The maximum atomic E-state index is 11.9. The molecular formula is C13H14ClNO4. The van der Waals surface area contributed by atoms with Gasteiger partial charge in [0.1, 0.15) is 19.1 Å². The number of hydrogen-bond acceptors (Lipinski definition) is 4. The highest BCUT2D eigenvalue weighted by Crippen LogP contribution is 2.36. The van der Waals surface area contributed by atoms with Gasteiger partial charge < -0.3 is 14.8 Å². The molecule has 0 bridgehead atoms. The predicted molar refractivity (Wildman–Crippen MR) is 71.4 cm³/mol. The van der Waals surface area contributed by atoms with Crippen LogP contribution in [0.5, 0.6) is 11.5 Å². The average molecular weight is 284 g/mol. The summed E-state index contributed by atoms with van der Waals surface area (Å²) in [5.41, 5.74) is 0.812. The highest BCUT2D eigenvalue weighted by molar-refractivity contribution is 6.29. The molecule has 1 heterocycles. The van der Waals surface area contributed by atoms with E-state index in [1.54, 1.807) is 19.1 Å². The van der Waals surface area contributed by atoms with Crippen LogP contribution >= 0.6 is 11.6 Å². The first-order chi connectivity index (χ1) is 9.15. The van der Waals surface area contributed by atoms with Crippen molar-refractivity contribution in [3.63, 3.8) is 0 Å². The molecule has 0 atom stereocenters. The number of fused-ring (bicyclic) bond motifs is 1. The second kappa shape index (κ2) is 5.93. The number of nitrogens with one attached hydrogen (secondary N) is 1. The van der Waals surface area contributed by atoms with E-state index in [1.807, 2.05) is 0 Å². The van der Waals surface area contributed by atoms with Crippen LogP contribution in [0.1, 0.15) is 23.7 Å². The highest BCUT2D eigenvalue weighted by atomic mass is 35.5. The van der Waals surface area contributed by atoms with E-state index in [0.29, 0.717) is 42.4 Å². The molecule has 1 aliphatic heterocycles. The Balaban J connectivity index is 2.42. The van der Waals surface area contributed by atoms with Gasteiger partial charge in [0, 0.05) is 18.1 Å². The molecule has 0 aliphatic carbocycles. The minimum atomic E-state index is -0.372. The van der Waals surface area contributed by atoms with Crippen LogP contribution < -0.4 is 14.8 Å². The van der Waals surface area contributed by atoms with Gasteiger partial charge in [0.25, 0.3) is 0 Å². The number of alkyl halides is 1. The minimum Gasteiger partial charge on any atom is -0.486 e. The van der Waals surface area contributed by atoms with Crippen molar-refractivity contribution >= 4 is 29.0 Å². The molecule has 0 saturated heterocycles. The molecular weight excluding hydrogens is 270 g/mol. The summed E-state index contributed by atoms with van der Waals surface area (Å²) in [4.78, 5) is 23.3. The van der Waals surface area contributed by atoms with Crippen molar-refractivity contribution in [1.82, 2.24) is 0 Å². The Labute approximate surface area is 115 Å². The normalized spacial score (nSPS) is 12.9. The number of anilines is 1. The van der Waals surface area contributed by atoms with Gasteiger partial charge in [-0.2, -0.15) is 0 Å². The number of rotatable bonds is 4. The standard InChI is InChI=1S/C13H14ClNO4/c1-2-10(16)8-5-11-12(19-4-3-18-11)6-9(8)15-13(17)7-14/h5-6H,2-4,7H2,1H3,(H,15,17). The topological polar surface area (TPSA) is 64.6 Å². The van der Waals surface area contributed by atoms with Crippen LogP contribution in [0.15, 0.2) is 12.1 Å². The summed E-state index contributed by atoms with van der Waals surface area (Å²) in [5.74, 6) is 0.412. The lowest BCUT2D eigenvalue weighted by Gasteiger charge is -2.21. The predicted octanol–water partition coefficient (Wildman–Crippen LogP) is 2.23. The van der Waals surface area contributed by atoms with Crippen molar-refractivity contribution in [2.45, 2.75) is 13.3 Å². The third-order valence-corrected chi connectivity index (χ3v) is 2.94. The van der Waals surface area contributed by atoms with Crippen molar-refractivity contribution < 1.29 is 19.1 Å². The van der Waals surface area contributed by atoms with Gasteiger partial charge in [0.05, 0.1) is 5.69 Å². The molecule has 19 heavy (non-hydrogen) atoms. The first-order valence-electron chi connectivity index (χ1n) is 5.98. The quantitative estimate of drug-likeness (QED) is 0.680. The number of carbonyl (C=O) groups excluding carboxylic acids is 2. The number of Topliss-reactive ketones (excluding diaryl/α,β-unsaturated/α-hetero) is 1. The van der Waals surface area contributed by atoms with Gasteiger partial charge in [-0.3, -0.25) is 9.59 Å². The fraction of sp³-hybridized carbons (Fsp3) is 0.385. The molecule has 102 valence electrons. The zero-order chi connectivity index (χ0) is 13.8. The number of carbonyl (C=O) groups is 2. The van der Waals surface area contributed by atoms with Gasteiger partial charge >= 0.3 is 0 Å². The zero-order valence-corrected chi connectivity index (χ0v) is 11.3. The molecule has 1 N–H and O–H groups in total. The van der Waals surface area contributed by atoms with E-state index in [-0.39, 0.29) is 17.6 Å². The van der Waals surface area contributed by atoms with Crippen LogP contribution in [-0.4, -0.2) is 30.8 Å². The van der Waals surface area contributed by atoms with Gasteiger partial charge in [-0.05, 0) is 6.07 Å². The summed E-state index contributed by atoms with van der Waals surface area (Å²) in [6.45, 7) is 2.64. The lowest BCUT2D eigenvalue weighted by Crippen LogP contribution is -2.19. The second-order valence-corrected chi connectivity index (χ2v) is 4.27. The number of amides is 1. The Morgan fingerprint density at radius 2 is 1.89 bits per heavy atom. The molecule has 1 aromatic carbocycles. The van der Waals surface area contributed by atoms with Crippen molar-refractivity contribution in [3.05, 3.63) is 17.7 Å². The van der Waals surface area contributed by atoms with E-state index in [4.69, 9.17) is 21.1 Å². The molecule has 0 saturated carbocycles. The van der Waals surface area contributed by atoms with E-state index < -0.39 is 0 Å². The largest absolute Gasteiger partial charge is 0.486 e. The molecule has 0 spiro atoms. The van der Waals surface area contributed by atoms with E-state index in [9.17, 15) is 9.59 Å². The van der Waals surface area contributed by atoms with E-state index in [1.165, 1.54) is 0 Å². The maximum Gasteiger partial charge on any atom is 0.239 e. The molecule has 0 unspecified atom stereocenters. The molecule has 1 aromatic rings. The SMILES string of the molecule is CCC(=O)c1cc2c(cc1NC(=O)CCl)OCCO2. The molecule has 1 aliphatic rings. The van der Waals surface area contributed by atoms with Crippen LogP contribution in [0, 0.1) is 0 Å². The Hall–Kier alpha value is -1.75. The van der Waals surface area contributed by atoms with E-state index in [0.717, 1.165) is 0 Å². The summed E-state index contributed by atoms with van der Waals surface area (Å²) < 4.78 is 10.9. The molecule has 1 amide bonds. The monoisotopic (exact) mass is 283 g/mol. The number of halogens is 1. The molecule has 0 aromatic heterocycles. The first-order valence-corrected chi connectivity index (χ1v) is 6.51. The Bertz CT molecular complexity index is 516. The van der Waals surface area contributed by atoms with Crippen LogP contribution in [0.2, 0.25) is 0 Å². The maximum absolute atomic E-state index is 11.9. The number of hydrogen-bond donors (Lipinski definition) is 1. The summed E-state index contributed by atoms with van der Waals surface area (Å²) in [5, 5.41) is 2.60. The molecule has 6 heteroatoms. The summed E-state index contributed by atoms with van der Waals surface area (Å²) in [6, 6.07) is 3.20. The van der Waals surface area contributed by atoms with Crippen LogP contribution in [-0.2, 0) is 4.79 Å².